The van der Waals surface area contributed by atoms with Crippen molar-refractivity contribution in [3.05, 3.63) is 89.0 Å². The molecule has 1 aromatic heterocycles. The van der Waals surface area contributed by atoms with Crippen molar-refractivity contribution in [1.29, 1.82) is 5.26 Å². The Kier molecular flexibility index (Phi) is 5.92. The second-order valence-corrected chi connectivity index (χ2v) is 7.79. The number of aryl methyl sites for hydroxylation is 1. The van der Waals surface area contributed by atoms with Gasteiger partial charge in [-0.2, -0.15) is 5.26 Å². The number of aromatic nitrogens is 2. The van der Waals surface area contributed by atoms with Gasteiger partial charge in [-0.1, -0.05) is 42.0 Å². The number of carbonyl (C=O) groups excluding carboxylic acids is 1. The zero-order valence-electron chi connectivity index (χ0n) is 17.1. The Morgan fingerprint density at radius 2 is 2.00 bits per heavy atom. The molecule has 0 saturated carbocycles. The van der Waals surface area contributed by atoms with E-state index >= 15 is 0 Å². The van der Waals surface area contributed by atoms with Crippen LogP contribution in [0.4, 0.5) is 0 Å². The lowest BCUT2D eigenvalue weighted by Crippen LogP contribution is -2.38. The summed E-state index contributed by atoms with van der Waals surface area (Å²) in [7, 11) is 0. The van der Waals surface area contributed by atoms with Crippen LogP contribution in [-0.4, -0.2) is 32.9 Å². The summed E-state index contributed by atoms with van der Waals surface area (Å²) in [6.07, 6.45) is 4.45. The van der Waals surface area contributed by atoms with E-state index in [9.17, 15) is 4.79 Å². The molecule has 2 heterocycles. The molecule has 1 atom stereocenters. The summed E-state index contributed by atoms with van der Waals surface area (Å²) in [6, 6.07) is 17.9. The van der Waals surface area contributed by atoms with E-state index in [4.69, 9.17) is 5.26 Å². The molecule has 3 aromatic rings. The molecular weight excluding hydrogens is 374 g/mol. The molecule has 1 unspecified atom stereocenters. The van der Waals surface area contributed by atoms with Gasteiger partial charge in [-0.25, -0.2) is 4.98 Å². The number of likely N-dealkylation sites (tertiary alicyclic amines) is 1. The van der Waals surface area contributed by atoms with Gasteiger partial charge in [-0.15, -0.1) is 0 Å². The predicted molar refractivity (Wildman–Crippen MR) is 114 cm³/mol. The largest absolute Gasteiger partial charge is 0.337 e. The average Bonchev–Trinajstić information content (AvgIpc) is 3.33. The molecule has 1 aliphatic heterocycles. The fourth-order valence-electron chi connectivity index (χ4n) is 3.86. The van der Waals surface area contributed by atoms with Gasteiger partial charge in [0.1, 0.15) is 0 Å². The molecule has 1 N–H and O–H groups in total. The average molecular weight is 399 g/mol. The number of amides is 1. The minimum Gasteiger partial charge on any atom is -0.337 e. The lowest BCUT2D eigenvalue weighted by Gasteiger charge is -2.18. The lowest BCUT2D eigenvalue weighted by atomic mass is 10.1. The highest BCUT2D eigenvalue weighted by molar-refractivity contribution is 5.83. The van der Waals surface area contributed by atoms with Crippen LogP contribution in [0.15, 0.2) is 61.1 Å². The maximum absolute atomic E-state index is 12.8. The van der Waals surface area contributed by atoms with Crippen molar-refractivity contribution in [1.82, 2.24) is 19.8 Å². The monoisotopic (exact) mass is 399 g/mol. The molecule has 1 aliphatic rings. The third-order valence-electron chi connectivity index (χ3n) is 5.52. The molecule has 1 saturated heterocycles. The van der Waals surface area contributed by atoms with Crippen molar-refractivity contribution < 1.29 is 4.79 Å². The Labute approximate surface area is 176 Å². The van der Waals surface area contributed by atoms with Gasteiger partial charge in [0.25, 0.3) is 0 Å². The fourth-order valence-corrected chi connectivity index (χ4v) is 3.86. The Hall–Kier alpha value is -3.43. The van der Waals surface area contributed by atoms with Crippen LogP contribution in [-0.2, 0) is 24.4 Å². The molecule has 6 heteroatoms. The number of hydrogen-bond donors (Lipinski definition) is 1. The number of carbonyl (C=O) groups is 1. The highest BCUT2D eigenvalue weighted by atomic mass is 16.2. The zero-order chi connectivity index (χ0) is 20.9. The van der Waals surface area contributed by atoms with Crippen molar-refractivity contribution in [3.63, 3.8) is 0 Å². The first-order chi connectivity index (χ1) is 14.6. The number of rotatable bonds is 7. The van der Waals surface area contributed by atoms with Gasteiger partial charge in [0.2, 0.25) is 5.91 Å². The van der Waals surface area contributed by atoms with Gasteiger partial charge in [0.05, 0.1) is 29.7 Å². The number of nitrogens with one attached hydrogen (secondary N) is 1. The Balaban J connectivity index is 1.33. The van der Waals surface area contributed by atoms with Gasteiger partial charge in [0, 0.05) is 32.4 Å². The first-order valence-corrected chi connectivity index (χ1v) is 10.2. The van der Waals surface area contributed by atoms with Crippen LogP contribution in [0.25, 0.3) is 0 Å². The van der Waals surface area contributed by atoms with E-state index in [-0.39, 0.29) is 11.9 Å². The van der Waals surface area contributed by atoms with Gasteiger partial charge in [-0.3, -0.25) is 4.79 Å². The van der Waals surface area contributed by atoms with Crippen LogP contribution in [0.5, 0.6) is 0 Å². The molecule has 1 amide bonds. The van der Waals surface area contributed by atoms with Crippen LogP contribution >= 0.6 is 0 Å². The second kappa shape index (κ2) is 8.93. The zero-order valence-corrected chi connectivity index (χ0v) is 17.1. The van der Waals surface area contributed by atoms with Crippen molar-refractivity contribution in [2.75, 3.05) is 6.54 Å². The van der Waals surface area contributed by atoms with E-state index in [2.05, 4.69) is 46.1 Å². The first kappa shape index (κ1) is 19.9. The summed E-state index contributed by atoms with van der Waals surface area (Å²) in [4.78, 5) is 19.0. The highest BCUT2D eigenvalue weighted by Crippen LogP contribution is 2.17. The Bertz CT molecular complexity index is 1060. The number of nitrogens with zero attached hydrogens (tertiary/aromatic N) is 4. The van der Waals surface area contributed by atoms with Crippen molar-refractivity contribution in [2.45, 2.75) is 39.0 Å². The van der Waals surface area contributed by atoms with Gasteiger partial charge < -0.3 is 14.8 Å². The summed E-state index contributed by atoms with van der Waals surface area (Å²) < 4.78 is 2.07. The SMILES string of the molecule is Cc1cccc(CN2CCC(NCc3cncn3Cc3ccc(C#N)cc3)C2=O)c1. The van der Waals surface area contributed by atoms with Crippen molar-refractivity contribution in [3.8, 4) is 6.07 Å². The van der Waals surface area contributed by atoms with Gasteiger partial charge >= 0.3 is 0 Å². The maximum atomic E-state index is 12.8. The Morgan fingerprint density at radius 1 is 1.17 bits per heavy atom. The van der Waals surface area contributed by atoms with Gasteiger partial charge in [-0.05, 0) is 36.6 Å². The summed E-state index contributed by atoms with van der Waals surface area (Å²) in [6.45, 7) is 4.77. The van der Waals surface area contributed by atoms with Gasteiger partial charge in [0.15, 0.2) is 0 Å². The van der Waals surface area contributed by atoms with E-state index in [1.165, 1.54) is 11.1 Å². The topological polar surface area (TPSA) is 74.0 Å². The standard InChI is InChI=1S/C24H25N5O/c1-18-3-2-4-21(11-18)16-28-10-9-23(24(28)30)27-14-22-13-26-17-29(22)15-20-7-5-19(12-25)6-8-20/h2-8,11,13,17,23,27H,9-10,14-16H2,1H3. The molecule has 1 fully saturated rings. The van der Waals surface area contributed by atoms with E-state index in [0.29, 0.717) is 25.2 Å². The first-order valence-electron chi connectivity index (χ1n) is 10.2. The van der Waals surface area contributed by atoms with Crippen LogP contribution in [0.1, 0.15) is 34.4 Å². The van der Waals surface area contributed by atoms with E-state index in [0.717, 1.165) is 24.2 Å². The second-order valence-electron chi connectivity index (χ2n) is 7.79. The minimum absolute atomic E-state index is 0.159. The normalized spacial score (nSPS) is 16.1. The number of hydrogen-bond acceptors (Lipinski definition) is 4. The number of imidazole rings is 1. The van der Waals surface area contributed by atoms with Crippen LogP contribution < -0.4 is 5.32 Å². The fraction of sp³-hybridized carbons (Fsp3) is 0.292. The molecule has 0 spiro atoms. The quantitative estimate of drug-likeness (QED) is 0.663. The molecule has 4 rings (SSSR count). The molecule has 2 aromatic carbocycles. The van der Waals surface area contributed by atoms with Crippen molar-refractivity contribution >= 4 is 5.91 Å². The minimum atomic E-state index is -0.159. The molecule has 6 nitrogen and oxygen atoms in total. The molecular formula is C24H25N5O. The summed E-state index contributed by atoms with van der Waals surface area (Å²) in [5.74, 6) is 0.162. The van der Waals surface area contributed by atoms with E-state index < -0.39 is 0 Å². The summed E-state index contributed by atoms with van der Waals surface area (Å²) in [5, 5.41) is 12.3. The summed E-state index contributed by atoms with van der Waals surface area (Å²) >= 11 is 0. The lowest BCUT2D eigenvalue weighted by molar-refractivity contribution is -0.129. The number of nitriles is 1. The molecule has 0 bridgehead atoms. The summed E-state index contributed by atoms with van der Waals surface area (Å²) in [5.41, 5.74) is 5.17. The number of benzene rings is 2. The van der Waals surface area contributed by atoms with Crippen LogP contribution in [0.2, 0.25) is 0 Å². The van der Waals surface area contributed by atoms with E-state index in [1.807, 2.05) is 41.4 Å². The van der Waals surface area contributed by atoms with Crippen molar-refractivity contribution in [2.24, 2.45) is 0 Å². The molecule has 0 aliphatic carbocycles. The van der Waals surface area contributed by atoms with Crippen LogP contribution in [0.3, 0.4) is 0 Å². The third-order valence-corrected chi connectivity index (χ3v) is 5.52. The maximum Gasteiger partial charge on any atom is 0.240 e. The third kappa shape index (κ3) is 4.58. The highest BCUT2D eigenvalue weighted by Gasteiger charge is 2.31. The molecule has 0 radical (unpaired) electrons. The van der Waals surface area contributed by atoms with Crippen LogP contribution in [0, 0.1) is 18.3 Å². The van der Waals surface area contributed by atoms with E-state index in [1.54, 1.807) is 6.33 Å². The molecule has 152 valence electrons. The Morgan fingerprint density at radius 3 is 2.77 bits per heavy atom. The predicted octanol–water partition coefficient (Wildman–Crippen LogP) is 3.00. The smallest absolute Gasteiger partial charge is 0.240 e. The molecule has 30 heavy (non-hydrogen) atoms.